The predicted molar refractivity (Wildman–Crippen MR) is 90.5 cm³/mol. The van der Waals surface area contributed by atoms with Crippen LogP contribution in [0.5, 0.6) is 0 Å². The first-order chi connectivity index (χ1) is 10.2. The molecular formula is C16H23N3O2S. The van der Waals surface area contributed by atoms with Gasteiger partial charge in [0.1, 0.15) is 11.4 Å². The number of amides is 1. The standard InChI is InChI=1S/C16H23N3O2S/c1-9(2)19(10(3)4)13(20)7-18-8-17-15-14(16(18)21)11(5)12(6)22-15/h8-10H,7H2,1-6H3. The third kappa shape index (κ3) is 2.92. The average molecular weight is 321 g/mol. The molecule has 0 atom stereocenters. The third-order valence-corrected chi connectivity index (χ3v) is 4.98. The molecule has 0 aliphatic heterocycles. The molecule has 2 aromatic heterocycles. The van der Waals surface area contributed by atoms with E-state index in [1.54, 1.807) is 4.90 Å². The summed E-state index contributed by atoms with van der Waals surface area (Å²) in [7, 11) is 0. The number of nitrogens with zero attached hydrogens (tertiary/aromatic N) is 3. The van der Waals surface area contributed by atoms with E-state index in [0.717, 1.165) is 15.3 Å². The summed E-state index contributed by atoms with van der Waals surface area (Å²) < 4.78 is 1.42. The fourth-order valence-electron chi connectivity index (χ4n) is 2.78. The van der Waals surface area contributed by atoms with Crippen LogP contribution in [-0.2, 0) is 11.3 Å². The van der Waals surface area contributed by atoms with Gasteiger partial charge in [0.2, 0.25) is 5.91 Å². The Kier molecular flexibility index (Phi) is 4.70. The summed E-state index contributed by atoms with van der Waals surface area (Å²) in [4.78, 5) is 33.1. The number of hydrogen-bond acceptors (Lipinski definition) is 4. The molecule has 120 valence electrons. The largest absolute Gasteiger partial charge is 0.336 e. The highest BCUT2D eigenvalue weighted by atomic mass is 32.1. The Morgan fingerprint density at radius 1 is 1.27 bits per heavy atom. The summed E-state index contributed by atoms with van der Waals surface area (Å²) in [6.07, 6.45) is 1.48. The van der Waals surface area contributed by atoms with Crippen LogP contribution in [0.2, 0.25) is 0 Å². The van der Waals surface area contributed by atoms with Crippen molar-refractivity contribution in [2.24, 2.45) is 0 Å². The van der Waals surface area contributed by atoms with E-state index < -0.39 is 0 Å². The van der Waals surface area contributed by atoms with Crippen molar-refractivity contribution in [2.45, 2.75) is 60.2 Å². The van der Waals surface area contributed by atoms with Gasteiger partial charge in [0.25, 0.3) is 5.56 Å². The summed E-state index contributed by atoms with van der Waals surface area (Å²) in [6.45, 7) is 11.9. The smallest absolute Gasteiger partial charge is 0.262 e. The van der Waals surface area contributed by atoms with Gasteiger partial charge in [-0.05, 0) is 47.1 Å². The molecule has 0 aliphatic rings. The fourth-order valence-corrected chi connectivity index (χ4v) is 3.77. The first kappa shape index (κ1) is 16.7. The van der Waals surface area contributed by atoms with Gasteiger partial charge < -0.3 is 4.90 Å². The van der Waals surface area contributed by atoms with Crippen LogP contribution < -0.4 is 5.56 Å². The van der Waals surface area contributed by atoms with Gasteiger partial charge in [0.15, 0.2) is 0 Å². The first-order valence-electron chi connectivity index (χ1n) is 7.50. The average Bonchev–Trinajstić information content (AvgIpc) is 2.68. The number of aromatic nitrogens is 2. The van der Waals surface area contributed by atoms with Crippen LogP contribution in [0.25, 0.3) is 10.2 Å². The minimum Gasteiger partial charge on any atom is -0.336 e. The molecule has 0 aromatic carbocycles. The molecule has 0 N–H and O–H groups in total. The van der Waals surface area contributed by atoms with E-state index in [1.165, 1.54) is 22.2 Å². The summed E-state index contributed by atoms with van der Waals surface area (Å²) in [5.74, 6) is -0.0575. The van der Waals surface area contributed by atoms with Gasteiger partial charge in [-0.1, -0.05) is 0 Å². The number of fused-ring (bicyclic) bond motifs is 1. The summed E-state index contributed by atoms with van der Waals surface area (Å²) in [5, 5.41) is 0.637. The Bertz CT molecular complexity index is 751. The van der Waals surface area contributed by atoms with Gasteiger partial charge >= 0.3 is 0 Å². The van der Waals surface area contributed by atoms with Crippen molar-refractivity contribution < 1.29 is 4.79 Å². The second-order valence-electron chi connectivity index (χ2n) is 6.13. The predicted octanol–water partition coefficient (Wildman–Crippen LogP) is 2.72. The third-order valence-electron chi connectivity index (χ3n) is 3.86. The van der Waals surface area contributed by atoms with E-state index in [9.17, 15) is 9.59 Å². The second kappa shape index (κ2) is 6.20. The summed E-state index contributed by atoms with van der Waals surface area (Å²) in [5.41, 5.74) is 0.830. The molecule has 0 fully saturated rings. The maximum absolute atomic E-state index is 12.6. The van der Waals surface area contributed by atoms with Crippen LogP contribution in [-0.4, -0.2) is 32.4 Å². The molecule has 0 saturated carbocycles. The molecule has 0 spiro atoms. The Labute approximate surface area is 134 Å². The van der Waals surface area contributed by atoms with Crippen molar-refractivity contribution in [3.63, 3.8) is 0 Å². The van der Waals surface area contributed by atoms with Crippen molar-refractivity contribution in [1.29, 1.82) is 0 Å². The highest BCUT2D eigenvalue weighted by molar-refractivity contribution is 7.18. The van der Waals surface area contributed by atoms with Gasteiger partial charge in [-0.2, -0.15) is 0 Å². The molecule has 0 aliphatic carbocycles. The highest BCUT2D eigenvalue weighted by Crippen LogP contribution is 2.25. The maximum atomic E-state index is 12.6. The van der Waals surface area contributed by atoms with Crippen LogP contribution >= 0.6 is 11.3 Å². The molecule has 0 unspecified atom stereocenters. The first-order valence-corrected chi connectivity index (χ1v) is 8.32. The quantitative estimate of drug-likeness (QED) is 0.870. The highest BCUT2D eigenvalue weighted by Gasteiger charge is 2.21. The Hall–Kier alpha value is -1.69. The van der Waals surface area contributed by atoms with Crippen LogP contribution in [0.15, 0.2) is 11.1 Å². The zero-order valence-electron chi connectivity index (χ0n) is 14.0. The lowest BCUT2D eigenvalue weighted by Gasteiger charge is -2.30. The lowest BCUT2D eigenvalue weighted by molar-refractivity contribution is -0.135. The minimum atomic E-state index is -0.132. The molecule has 1 amide bonds. The number of carbonyl (C=O) groups excluding carboxylic acids is 1. The van der Waals surface area contributed by atoms with Gasteiger partial charge in [-0.25, -0.2) is 4.98 Å². The monoisotopic (exact) mass is 321 g/mol. The molecule has 0 radical (unpaired) electrons. The molecule has 2 aromatic rings. The van der Waals surface area contributed by atoms with E-state index in [4.69, 9.17) is 0 Å². The van der Waals surface area contributed by atoms with Crippen LogP contribution in [0.1, 0.15) is 38.1 Å². The molecule has 5 nitrogen and oxygen atoms in total. The van der Waals surface area contributed by atoms with Gasteiger partial charge in [-0.15, -0.1) is 11.3 Å². The second-order valence-corrected chi connectivity index (χ2v) is 7.33. The SMILES string of the molecule is Cc1sc2ncn(CC(=O)N(C(C)C)C(C)C)c(=O)c2c1C. The minimum absolute atomic E-state index is 0.0342. The Balaban J connectivity index is 2.40. The number of aryl methyl sites for hydroxylation is 2. The van der Waals surface area contributed by atoms with Crippen LogP contribution in [0.4, 0.5) is 0 Å². The summed E-state index contributed by atoms with van der Waals surface area (Å²) >= 11 is 1.52. The van der Waals surface area contributed by atoms with E-state index in [0.29, 0.717) is 5.39 Å². The molecular weight excluding hydrogens is 298 g/mol. The molecule has 2 rings (SSSR count). The van der Waals surface area contributed by atoms with Gasteiger partial charge in [-0.3, -0.25) is 14.2 Å². The van der Waals surface area contributed by atoms with Gasteiger partial charge in [0.05, 0.1) is 11.7 Å². The molecule has 22 heavy (non-hydrogen) atoms. The van der Waals surface area contributed by atoms with Crippen LogP contribution in [0.3, 0.4) is 0 Å². The zero-order chi connectivity index (χ0) is 16.6. The van der Waals surface area contributed by atoms with Crippen molar-refractivity contribution >= 4 is 27.5 Å². The molecule has 0 bridgehead atoms. The van der Waals surface area contributed by atoms with Crippen LogP contribution in [0, 0.1) is 13.8 Å². The Morgan fingerprint density at radius 2 is 1.86 bits per heavy atom. The fraction of sp³-hybridized carbons (Fsp3) is 0.562. The zero-order valence-corrected chi connectivity index (χ0v) is 14.8. The lowest BCUT2D eigenvalue weighted by Crippen LogP contribution is -2.44. The van der Waals surface area contributed by atoms with Gasteiger partial charge in [0, 0.05) is 17.0 Å². The lowest BCUT2D eigenvalue weighted by atomic mass is 10.2. The number of rotatable bonds is 4. The van der Waals surface area contributed by atoms with E-state index in [1.807, 2.05) is 41.5 Å². The molecule has 6 heteroatoms. The van der Waals surface area contributed by atoms with Crippen molar-refractivity contribution in [1.82, 2.24) is 14.5 Å². The van der Waals surface area contributed by atoms with Crippen molar-refractivity contribution in [3.8, 4) is 0 Å². The normalized spacial score (nSPS) is 11.6. The van der Waals surface area contributed by atoms with Crippen molar-refractivity contribution in [2.75, 3.05) is 0 Å². The van der Waals surface area contributed by atoms with E-state index >= 15 is 0 Å². The number of thiophene rings is 1. The Morgan fingerprint density at radius 3 is 2.41 bits per heavy atom. The summed E-state index contributed by atoms with van der Waals surface area (Å²) in [6, 6.07) is 0.204. The molecule has 0 saturated heterocycles. The topological polar surface area (TPSA) is 55.2 Å². The molecule has 2 heterocycles. The number of carbonyl (C=O) groups is 1. The van der Waals surface area contributed by atoms with E-state index in [2.05, 4.69) is 4.98 Å². The van der Waals surface area contributed by atoms with E-state index in [-0.39, 0.29) is 30.1 Å². The van der Waals surface area contributed by atoms with Crippen molar-refractivity contribution in [3.05, 3.63) is 27.1 Å². The maximum Gasteiger partial charge on any atom is 0.262 e. The number of hydrogen-bond donors (Lipinski definition) is 0.